The Hall–Kier alpha value is -3.81. The van der Waals surface area contributed by atoms with Crippen molar-refractivity contribution in [2.45, 2.75) is 20.1 Å². The van der Waals surface area contributed by atoms with Crippen LogP contribution in [0, 0.1) is 6.92 Å². The minimum Gasteiger partial charge on any atom is -0.486 e. The fraction of sp³-hybridized carbons (Fsp3) is 0.323. The summed E-state index contributed by atoms with van der Waals surface area (Å²) in [5, 5.41) is 0. The molecule has 1 aromatic heterocycles. The van der Waals surface area contributed by atoms with Gasteiger partial charge in [0.15, 0.2) is 18.1 Å². The van der Waals surface area contributed by atoms with Crippen LogP contribution < -0.4 is 14.2 Å². The number of likely N-dealkylation sites (N-methyl/N-ethyl adjacent to an activating group) is 1. The van der Waals surface area contributed by atoms with Gasteiger partial charge in [-0.1, -0.05) is 48.5 Å². The van der Waals surface area contributed by atoms with Crippen molar-refractivity contribution in [3.63, 3.8) is 0 Å². The highest BCUT2D eigenvalue weighted by molar-refractivity contribution is 5.72. The van der Waals surface area contributed by atoms with Gasteiger partial charge in [-0.2, -0.15) is 0 Å². The smallest absolute Gasteiger partial charge is 0.233 e. The molecule has 2 aliphatic rings. The van der Waals surface area contributed by atoms with E-state index >= 15 is 0 Å². The highest BCUT2D eigenvalue weighted by Gasteiger charge is 2.21. The monoisotopic (exact) mass is 511 g/mol. The predicted molar refractivity (Wildman–Crippen MR) is 147 cm³/mol. The molecule has 1 saturated heterocycles. The number of benzene rings is 3. The van der Waals surface area contributed by atoms with E-state index in [0.717, 1.165) is 83.7 Å². The molecule has 0 bridgehead atoms. The van der Waals surface area contributed by atoms with Crippen LogP contribution >= 0.6 is 0 Å². The lowest BCUT2D eigenvalue weighted by Gasteiger charge is -2.31. The number of piperazine rings is 1. The molecule has 0 radical (unpaired) electrons. The molecule has 2 aliphatic heterocycles. The van der Waals surface area contributed by atoms with Gasteiger partial charge in [-0.3, -0.25) is 4.90 Å². The quantitative estimate of drug-likeness (QED) is 0.329. The van der Waals surface area contributed by atoms with Gasteiger partial charge in [0.1, 0.15) is 30.4 Å². The largest absolute Gasteiger partial charge is 0.486 e. The lowest BCUT2D eigenvalue weighted by molar-refractivity contribution is 0.138. The number of ether oxygens (including phenoxy) is 3. The maximum absolute atomic E-state index is 6.32. The Balaban J connectivity index is 1.22. The standard InChI is InChI=1S/C31H33N3O4/c1-22-25(24-11-12-27-28(19-24)36-18-17-35-27)9-6-10-26(22)37-21-30-32-31(23-7-4-3-5-8-23)29(38-30)20-34-15-13-33(2)14-16-34/h3-12,19H,13-18,20-21H2,1-2H3. The maximum atomic E-state index is 6.32. The molecule has 0 atom stereocenters. The summed E-state index contributed by atoms with van der Waals surface area (Å²) < 4.78 is 24.1. The van der Waals surface area contributed by atoms with E-state index in [1.54, 1.807) is 0 Å². The highest BCUT2D eigenvalue weighted by atomic mass is 16.6. The zero-order chi connectivity index (χ0) is 25.9. The van der Waals surface area contributed by atoms with Crippen molar-refractivity contribution in [3.05, 3.63) is 83.9 Å². The van der Waals surface area contributed by atoms with E-state index in [9.17, 15) is 0 Å². The van der Waals surface area contributed by atoms with Crippen molar-refractivity contribution in [2.75, 3.05) is 46.4 Å². The Kier molecular flexibility index (Phi) is 7.03. The molecule has 0 aliphatic carbocycles. The number of fused-ring (bicyclic) bond motifs is 1. The second-order valence-electron chi connectivity index (χ2n) is 9.90. The summed E-state index contributed by atoms with van der Waals surface area (Å²) in [4.78, 5) is 9.66. The van der Waals surface area contributed by atoms with Gasteiger partial charge in [-0.25, -0.2) is 4.98 Å². The predicted octanol–water partition coefficient (Wildman–Crippen LogP) is 5.41. The van der Waals surface area contributed by atoms with Crippen LogP contribution in [0.1, 0.15) is 17.2 Å². The summed E-state index contributed by atoms with van der Waals surface area (Å²) in [7, 11) is 2.17. The molecule has 0 amide bonds. The zero-order valence-electron chi connectivity index (χ0n) is 22.0. The molecule has 4 aromatic rings. The van der Waals surface area contributed by atoms with Crippen molar-refractivity contribution in [3.8, 4) is 39.6 Å². The average molecular weight is 512 g/mol. The van der Waals surface area contributed by atoms with Crippen LogP contribution in [-0.4, -0.2) is 61.2 Å². The fourth-order valence-corrected chi connectivity index (χ4v) is 5.03. The fourth-order valence-electron chi connectivity index (χ4n) is 5.03. The Morgan fingerprint density at radius 2 is 1.63 bits per heavy atom. The summed E-state index contributed by atoms with van der Waals surface area (Å²) in [6.45, 7) is 8.37. The van der Waals surface area contributed by atoms with Gasteiger partial charge < -0.3 is 23.5 Å². The second-order valence-corrected chi connectivity index (χ2v) is 9.90. The van der Waals surface area contributed by atoms with Crippen LogP contribution in [0.5, 0.6) is 17.2 Å². The normalized spacial score (nSPS) is 15.9. The first-order valence-electron chi connectivity index (χ1n) is 13.2. The van der Waals surface area contributed by atoms with Crippen molar-refractivity contribution in [1.29, 1.82) is 0 Å². The number of nitrogens with zero attached hydrogens (tertiary/aromatic N) is 3. The summed E-state index contributed by atoms with van der Waals surface area (Å²) in [6.07, 6.45) is 0. The Labute approximate surface area is 223 Å². The summed E-state index contributed by atoms with van der Waals surface area (Å²) in [5.74, 6) is 3.84. The summed E-state index contributed by atoms with van der Waals surface area (Å²) in [5.41, 5.74) is 5.16. The molecule has 7 heteroatoms. The zero-order valence-corrected chi connectivity index (χ0v) is 22.0. The highest BCUT2D eigenvalue weighted by Crippen LogP contribution is 2.37. The van der Waals surface area contributed by atoms with Crippen LogP contribution in [-0.2, 0) is 13.2 Å². The maximum Gasteiger partial charge on any atom is 0.233 e. The van der Waals surface area contributed by atoms with E-state index in [-0.39, 0.29) is 6.61 Å². The van der Waals surface area contributed by atoms with Gasteiger partial charge in [-0.15, -0.1) is 0 Å². The number of rotatable bonds is 7. The molecule has 3 aromatic carbocycles. The van der Waals surface area contributed by atoms with Gasteiger partial charge in [0.05, 0.1) is 6.54 Å². The van der Waals surface area contributed by atoms with Crippen LogP contribution in [0.15, 0.2) is 71.1 Å². The average Bonchev–Trinajstić information content (AvgIpc) is 3.36. The molecule has 196 valence electrons. The third-order valence-corrected chi connectivity index (χ3v) is 7.24. The summed E-state index contributed by atoms with van der Waals surface area (Å²) in [6, 6.07) is 22.4. The van der Waals surface area contributed by atoms with Gasteiger partial charge in [0.25, 0.3) is 0 Å². The molecule has 38 heavy (non-hydrogen) atoms. The van der Waals surface area contributed by atoms with E-state index in [1.807, 2.05) is 42.5 Å². The van der Waals surface area contributed by atoms with E-state index in [2.05, 4.69) is 48.0 Å². The van der Waals surface area contributed by atoms with Gasteiger partial charge in [0, 0.05) is 31.7 Å². The molecule has 3 heterocycles. The van der Waals surface area contributed by atoms with Crippen LogP contribution in [0.3, 0.4) is 0 Å². The van der Waals surface area contributed by atoms with Crippen LogP contribution in [0.2, 0.25) is 0 Å². The minimum atomic E-state index is 0.258. The Bertz CT molecular complexity index is 1390. The number of hydrogen-bond acceptors (Lipinski definition) is 7. The first-order valence-corrected chi connectivity index (χ1v) is 13.2. The van der Waals surface area contributed by atoms with Crippen molar-refractivity contribution >= 4 is 0 Å². The lowest BCUT2D eigenvalue weighted by Crippen LogP contribution is -2.43. The molecule has 6 rings (SSSR count). The Morgan fingerprint density at radius 1 is 0.842 bits per heavy atom. The molecule has 1 fully saturated rings. The number of oxazole rings is 1. The third kappa shape index (κ3) is 5.26. The van der Waals surface area contributed by atoms with Crippen molar-refractivity contribution in [1.82, 2.24) is 14.8 Å². The third-order valence-electron chi connectivity index (χ3n) is 7.24. The molecule has 0 saturated carbocycles. The SMILES string of the molecule is Cc1c(OCc2nc(-c3ccccc3)c(CN3CCN(C)CC3)o2)cccc1-c1ccc2c(c1)OCCO2. The van der Waals surface area contributed by atoms with E-state index in [1.165, 1.54) is 0 Å². The molecule has 7 nitrogen and oxygen atoms in total. The molecular weight excluding hydrogens is 478 g/mol. The van der Waals surface area contributed by atoms with Crippen molar-refractivity contribution in [2.24, 2.45) is 0 Å². The van der Waals surface area contributed by atoms with E-state index in [4.69, 9.17) is 23.6 Å². The molecule has 0 spiro atoms. The van der Waals surface area contributed by atoms with E-state index < -0.39 is 0 Å². The van der Waals surface area contributed by atoms with E-state index in [0.29, 0.717) is 19.1 Å². The first-order chi connectivity index (χ1) is 18.6. The Morgan fingerprint density at radius 3 is 2.45 bits per heavy atom. The molecular formula is C31H33N3O4. The topological polar surface area (TPSA) is 60.2 Å². The van der Waals surface area contributed by atoms with Gasteiger partial charge in [0.2, 0.25) is 5.89 Å². The lowest BCUT2D eigenvalue weighted by atomic mass is 9.99. The summed E-state index contributed by atoms with van der Waals surface area (Å²) >= 11 is 0. The second kappa shape index (κ2) is 10.9. The minimum absolute atomic E-state index is 0.258. The van der Waals surface area contributed by atoms with Gasteiger partial charge in [-0.05, 0) is 48.9 Å². The number of aromatic nitrogens is 1. The first kappa shape index (κ1) is 24.5. The number of hydrogen-bond donors (Lipinski definition) is 0. The van der Waals surface area contributed by atoms with Crippen LogP contribution in [0.25, 0.3) is 22.4 Å². The van der Waals surface area contributed by atoms with Gasteiger partial charge >= 0.3 is 0 Å². The molecule has 0 unspecified atom stereocenters. The molecule has 0 N–H and O–H groups in total. The van der Waals surface area contributed by atoms with Crippen LogP contribution in [0.4, 0.5) is 0 Å². The van der Waals surface area contributed by atoms with Crippen molar-refractivity contribution < 1.29 is 18.6 Å².